The van der Waals surface area contributed by atoms with E-state index < -0.39 is 0 Å². The van der Waals surface area contributed by atoms with Crippen LogP contribution in [0, 0.1) is 0 Å². The largest absolute Gasteiger partial charge is 0.359 e. The maximum atomic E-state index is 12.0. The highest BCUT2D eigenvalue weighted by molar-refractivity contribution is 5.99. The van der Waals surface area contributed by atoms with E-state index >= 15 is 0 Å². The molecule has 0 atom stereocenters. The third-order valence-electron chi connectivity index (χ3n) is 3.50. The number of carbonyl (C=O) groups is 1. The van der Waals surface area contributed by atoms with Gasteiger partial charge in [-0.2, -0.15) is 0 Å². The lowest BCUT2D eigenvalue weighted by molar-refractivity contribution is 0.262. The van der Waals surface area contributed by atoms with Gasteiger partial charge in [0.2, 0.25) is 0 Å². The molecule has 0 radical (unpaired) electrons. The van der Waals surface area contributed by atoms with Gasteiger partial charge in [-0.3, -0.25) is 5.32 Å². The Labute approximate surface area is 137 Å². The summed E-state index contributed by atoms with van der Waals surface area (Å²) in [4.78, 5) is 12.0. The molecule has 0 spiro atoms. The number of anilines is 2. The van der Waals surface area contributed by atoms with E-state index in [1.807, 2.05) is 45.0 Å². The van der Waals surface area contributed by atoms with Crippen LogP contribution in [0.1, 0.15) is 52.9 Å². The number of urea groups is 1. The Balaban J connectivity index is 1.98. The van der Waals surface area contributed by atoms with Gasteiger partial charge in [0.15, 0.2) is 5.82 Å². The standard InChI is InChI=1S/C18H25N3O2/c1-17(2,3)12-7-9-13(10-8-12)19-16(22)20-15-11-14(23-21-15)18(4,5)6/h7-11H,1-6H3,(H2,19,20,21,22). The number of nitrogens with one attached hydrogen (secondary N) is 2. The van der Waals surface area contributed by atoms with Gasteiger partial charge in [-0.1, -0.05) is 58.8 Å². The summed E-state index contributed by atoms with van der Waals surface area (Å²) in [5, 5.41) is 9.32. The highest BCUT2D eigenvalue weighted by atomic mass is 16.5. The van der Waals surface area contributed by atoms with Crippen molar-refractivity contribution < 1.29 is 9.32 Å². The fourth-order valence-corrected chi connectivity index (χ4v) is 2.02. The van der Waals surface area contributed by atoms with Crippen molar-refractivity contribution in [2.75, 3.05) is 10.6 Å². The number of hydrogen-bond acceptors (Lipinski definition) is 3. The maximum Gasteiger partial charge on any atom is 0.324 e. The predicted molar refractivity (Wildman–Crippen MR) is 93.0 cm³/mol. The first kappa shape index (κ1) is 17.1. The number of carbonyl (C=O) groups excluding carboxylic acids is 1. The number of amides is 2. The lowest BCUT2D eigenvalue weighted by atomic mass is 9.87. The molecule has 0 fully saturated rings. The molecule has 23 heavy (non-hydrogen) atoms. The number of nitrogens with zero attached hydrogens (tertiary/aromatic N) is 1. The van der Waals surface area contributed by atoms with Crippen LogP contribution in [0.4, 0.5) is 16.3 Å². The summed E-state index contributed by atoms with van der Waals surface area (Å²) in [6.07, 6.45) is 0. The zero-order valence-corrected chi connectivity index (χ0v) is 14.7. The van der Waals surface area contributed by atoms with Crippen LogP contribution in [-0.2, 0) is 10.8 Å². The summed E-state index contributed by atoms with van der Waals surface area (Å²) in [6, 6.07) is 9.21. The molecule has 0 aliphatic rings. The molecule has 5 nitrogen and oxygen atoms in total. The number of hydrogen-bond donors (Lipinski definition) is 2. The summed E-state index contributed by atoms with van der Waals surface area (Å²) in [5.41, 5.74) is 1.89. The summed E-state index contributed by atoms with van der Waals surface area (Å²) in [5.74, 6) is 1.13. The van der Waals surface area contributed by atoms with Crippen molar-refractivity contribution in [3.63, 3.8) is 0 Å². The van der Waals surface area contributed by atoms with Crippen molar-refractivity contribution in [2.45, 2.75) is 52.4 Å². The zero-order chi connectivity index (χ0) is 17.3. The first-order valence-corrected chi connectivity index (χ1v) is 7.71. The monoisotopic (exact) mass is 315 g/mol. The normalized spacial score (nSPS) is 12.1. The second-order valence-corrected chi connectivity index (χ2v) is 7.73. The van der Waals surface area contributed by atoms with Crippen LogP contribution < -0.4 is 10.6 Å². The Morgan fingerprint density at radius 3 is 2.04 bits per heavy atom. The average molecular weight is 315 g/mol. The van der Waals surface area contributed by atoms with E-state index in [2.05, 4.69) is 36.6 Å². The highest BCUT2D eigenvalue weighted by Crippen LogP contribution is 2.25. The third-order valence-corrected chi connectivity index (χ3v) is 3.50. The molecule has 0 bridgehead atoms. The van der Waals surface area contributed by atoms with Crippen LogP contribution in [0.15, 0.2) is 34.9 Å². The van der Waals surface area contributed by atoms with E-state index in [1.54, 1.807) is 6.07 Å². The molecule has 1 heterocycles. The topological polar surface area (TPSA) is 67.2 Å². The molecule has 5 heteroatoms. The minimum atomic E-state index is -0.345. The molecule has 1 aromatic heterocycles. The molecular formula is C18H25N3O2. The molecular weight excluding hydrogens is 290 g/mol. The summed E-state index contributed by atoms with van der Waals surface area (Å²) in [6.45, 7) is 12.5. The van der Waals surface area contributed by atoms with Gasteiger partial charge in [-0.05, 0) is 23.1 Å². The Hall–Kier alpha value is -2.30. The van der Waals surface area contributed by atoms with Gasteiger partial charge in [0.25, 0.3) is 0 Å². The molecule has 0 saturated heterocycles. The lowest BCUT2D eigenvalue weighted by Crippen LogP contribution is -2.20. The Bertz CT molecular complexity index is 674. The number of benzene rings is 1. The van der Waals surface area contributed by atoms with Gasteiger partial charge in [0.05, 0.1) is 0 Å². The predicted octanol–water partition coefficient (Wildman–Crippen LogP) is 4.91. The van der Waals surface area contributed by atoms with Gasteiger partial charge in [-0.15, -0.1) is 0 Å². The molecule has 2 rings (SSSR count). The van der Waals surface area contributed by atoms with Crippen molar-refractivity contribution in [3.8, 4) is 0 Å². The molecule has 0 saturated carbocycles. The fraction of sp³-hybridized carbons (Fsp3) is 0.444. The quantitative estimate of drug-likeness (QED) is 0.827. The molecule has 2 N–H and O–H groups in total. The number of aromatic nitrogens is 1. The third kappa shape index (κ3) is 4.58. The van der Waals surface area contributed by atoms with Crippen LogP contribution in [0.25, 0.3) is 0 Å². The minimum absolute atomic E-state index is 0.0882. The average Bonchev–Trinajstić information content (AvgIpc) is 2.86. The molecule has 124 valence electrons. The van der Waals surface area contributed by atoms with E-state index in [-0.39, 0.29) is 16.9 Å². The van der Waals surface area contributed by atoms with Crippen molar-refractivity contribution in [2.24, 2.45) is 0 Å². The highest BCUT2D eigenvalue weighted by Gasteiger charge is 2.20. The van der Waals surface area contributed by atoms with Crippen LogP contribution >= 0.6 is 0 Å². The summed E-state index contributed by atoms with van der Waals surface area (Å²) >= 11 is 0. The van der Waals surface area contributed by atoms with Crippen molar-refractivity contribution in [1.82, 2.24) is 5.16 Å². The van der Waals surface area contributed by atoms with Crippen LogP contribution in [0.2, 0.25) is 0 Å². The SMILES string of the molecule is CC(C)(C)c1ccc(NC(=O)Nc2cc(C(C)(C)C)on2)cc1. The minimum Gasteiger partial charge on any atom is -0.359 e. The molecule has 2 aromatic rings. The first-order chi connectivity index (χ1) is 10.6. The van der Waals surface area contributed by atoms with Gasteiger partial charge in [0.1, 0.15) is 5.76 Å². The first-order valence-electron chi connectivity index (χ1n) is 7.71. The van der Waals surface area contributed by atoms with Gasteiger partial charge < -0.3 is 9.84 Å². The zero-order valence-electron chi connectivity index (χ0n) is 14.7. The Morgan fingerprint density at radius 1 is 0.957 bits per heavy atom. The number of rotatable bonds is 2. The van der Waals surface area contributed by atoms with Crippen molar-refractivity contribution >= 4 is 17.5 Å². The van der Waals surface area contributed by atoms with Gasteiger partial charge in [-0.25, -0.2) is 4.79 Å². The fourth-order valence-electron chi connectivity index (χ4n) is 2.02. The van der Waals surface area contributed by atoms with Crippen LogP contribution in [0.3, 0.4) is 0 Å². The van der Waals surface area contributed by atoms with E-state index in [1.165, 1.54) is 5.56 Å². The summed E-state index contributed by atoms with van der Waals surface area (Å²) < 4.78 is 5.24. The van der Waals surface area contributed by atoms with E-state index in [4.69, 9.17) is 4.52 Å². The second kappa shape index (κ2) is 6.07. The Kier molecular flexibility index (Phi) is 4.50. The van der Waals surface area contributed by atoms with Crippen LogP contribution in [0.5, 0.6) is 0 Å². The van der Waals surface area contributed by atoms with Gasteiger partial charge >= 0.3 is 6.03 Å². The van der Waals surface area contributed by atoms with Crippen molar-refractivity contribution in [1.29, 1.82) is 0 Å². The van der Waals surface area contributed by atoms with Crippen LogP contribution in [-0.4, -0.2) is 11.2 Å². The molecule has 0 unspecified atom stereocenters. The van der Waals surface area contributed by atoms with Crippen molar-refractivity contribution in [3.05, 3.63) is 41.7 Å². The maximum absolute atomic E-state index is 12.0. The Morgan fingerprint density at radius 2 is 1.57 bits per heavy atom. The van der Waals surface area contributed by atoms with Gasteiger partial charge in [0, 0.05) is 17.2 Å². The second-order valence-electron chi connectivity index (χ2n) is 7.73. The van der Waals surface area contributed by atoms with E-state index in [0.29, 0.717) is 5.82 Å². The van der Waals surface area contributed by atoms with E-state index in [9.17, 15) is 4.79 Å². The smallest absolute Gasteiger partial charge is 0.324 e. The lowest BCUT2D eigenvalue weighted by Gasteiger charge is -2.19. The molecule has 1 aromatic carbocycles. The molecule has 0 aliphatic heterocycles. The molecule has 2 amide bonds. The molecule has 0 aliphatic carbocycles. The summed E-state index contributed by atoms with van der Waals surface area (Å²) in [7, 11) is 0. The van der Waals surface area contributed by atoms with E-state index in [0.717, 1.165) is 11.4 Å².